The summed E-state index contributed by atoms with van der Waals surface area (Å²) in [5.74, 6) is 0. The van der Waals surface area contributed by atoms with Crippen molar-refractivity contribution in [3.63, 3.8) is 0 Å². The van der Waals surface area contributed by atoms with Crippen LogP contribution >= 0.6 is 0 Å². The van der Waals surface area contributed by atoms with Gasteiger partial charge in [0.05, 0.1) is 18.7 Å². The fraction of sp³-hybridized carbons (Fsp3) is 0. The Hall–Kier alpha value is -2.01. The summed E-state index contributed by atoms with van der Waals surface area (Å²) in [6, 6.07) is 7.56. The molecule has 2 heterocycles. The lowest BCUT2D eigenvalue weighted by atomic mass is 9.75. The molecule has 4 nitrogen and oxygen atoms in total. The Morgan fingerprint density at radius 3 is 2.94 bits per heavy atom. The monoisotopic (exact) mass is 213 g/mol. The van der Waals surface area contributed by atoms with E-state index >= 15 is 0 Å². The SMILES string of the molecule is OB1ON=Cc2cc(-c3ccoc3)ccc21. The lowest BCUT2D eigenvalue weighted by molar-refractivity contribution is 0.286. The van der Waals surface area contributed by atoms with Crippen molar-refractivity contribution in [2.75, 3.05) is 0 Å². The molecule has 1 aromatic heterocycles. The maximum absolute atomic E-state index is 9.53. The summed E-state index contributed by atoms with van der Waals surface area (Å²) in [5.41, 5.74) is 3.60. The highest BCUT2D eigenvalue weighted by Gasteiger charge is 2.24. The van der Waals surface area contributed by atoms with Gasteiger partial charge < -0.3 is 14.2 Å². The van der Waals surface area contributed by atoms with Gasteiger partial charge >= 0.3 is 7.12 Å². The van der Waals surface area contributed by atoms with Crippen LogP contribution in [0.25, 0.3) is 11.1 Å². The second-order valence-corrected chi connectivity index (χ2v) is 3.55. The smallest absolute Gasteiger partial charge is 0.472 e. The lowest BCUT2D eigenvalue weighted by Crippen LogP contribution is -2.37. The van der Waals surface area contributed by atoms with Gasteiger partial charge in [0.1, 0.15) is 0 Å². The van der Waals surface area contributed by atoms with Gasteiger partial charge in [-0.05, 0) is 23.3 Å². The third kappa shape index (κ3) is 1.42. The van der Waals surface area contributed by atoms with E-state index in [-0.39, 0.29) is 0 Å². The molecule has 0 saturated carbocycles. The molecular weight excluding hydrogens is 205 g/mol. The standard InChI is InChI=1S/C11H8BNO3/c14-12-11-2-1-8(9-3-4-15-7-9)5-10(11)6-13-16-12/h1-7,14H. The molecule has 1 N–H and O–H groups in total. The highest BCUT2D eigenvalue weighted by atomic mass is 16.6. The number of benzene rings is 1. The Morgan fingerprint density at radius 1 is 1.19 bits per heavy atom. The lowest BCUT2D eigenvalue weighted by Gasteiger charge is -2.13. The Morgan fingerprint density at radius 2 is 2.12 bits per heavy atom. The molecule has 0 bridgehead atoms. The van der Waals surface area contributed by atoms with Gasteiger partial charge in [-0.25, -0.2) is 0 Å². The molecule has 0 fully saturated rings. The van der Waals surface area contributed by atoms with Crippen LogP contribution in [-0.4, -0.2) is 18.4 Å². The van der Waals surface area contributed by atoms with Crippen LogP contribution in [0, 0.1) is 0 Å². The third-order valence-corrected chi connectivity index (χ3v) is 2.56. The van der Waals surface area contributed by atoms with Crippen LogP contribution in [0.1, 0.15) is 5.56 Å². The van der Waals surface area contributed by atoms with Crippen molar-refractivity contribution in [1.29, 1.82) is 0 Å². The van der Waals surface area contributed by atoms with Crippen molar-refractivity contribution in [2.24, 2.45) is 5.16 Å². The average Bonchev–Trinajstić information content (AvgIpc) is 2.82. The maximum Gasteiger partial charge on any atom is 0.583 e. The molecular formula is C11H8BNO3. The highest BCUT2D eigenvalue weighted by Crippen LogP contribution is 2.20. The van der Waals surface area contributed by atoms with E-state index in [0.29, 0.717) is 0 Å². The Kier molecular flexibility index (Phi) is 2.04. The zero-order valence-corrected chi connectivity index (χ0v) is 8.33. The number of nitrogens with zero attached hydrogens (tertiary/aromatic N) is 1. The minimum Gasteiger partial charge on any atom is -0.472 e. The predicted molar refractivity (Wildman–Crippen MR) is 60.4 cm³/mol. The summed E-state index contributed by atoms with van der Waals surface area (Å²) in [6.45, 7) is 0. The topological polar surface area (TPSA) is 55.0 Å². The van der Waals surface area contributed by atoms with Crippen LogP contribution in [0.5, 0.6) is 0 Å². The predicted octanol–water partition coefficient (Wildman–Crippen LogP) is 0.998. The van der Waals surface area contributed by atoms with Gasteiger partial charge in [-0.15, -0.1) is 5.16 Å². The molecule has 1 aliphatic rings. The van der Waals surface area contributed by atoms with Gasteiger partial charge in [-0.3, -0.25) is 0 Å². The van der Waals surface area contributed by atoms with Gasteiger partial charge in [0, 0.05) is 11.0 Å². The Labute approximate surface area is 92.3 Å². The molecule has 0 unspecified atom stereocenters. The van der Waals surface area contributed by atoms with Crippen molar-refractivity contribution in [1.82, 2.24) is 0 Å². The zero-order chi connectivity index (χ0) is 11.0. The summed E-state index contributed by atoms with van der Waals surface area (Å²) in [4.78, 5) is 0. The number of rotatable bonds is 1. The van der Waals surface area contributed by atoms with Crippen molar-refractivity contribution in [3.8, 4) is 11.1 Å². The first-order valence-corrected chi connectivity index (χ1v) is 4.88. The molecule has 2 aromatic rings. The van der Waals surface area contributed by atoms with Gasteiger partial charge in [0.25, 0.3) is 0 Å². The van der Waals surface area contributed by atoms with E-state index in [1.54, 1.807) is 18.7 Å². The van der Waals surface area contributed by atoms with Crippen LogP contribution in [0.15, 0.2) is 46.4 Å². The first-order chi connectivity index (χ1) is 7.84. The van der Waals surface area contributed by atoms with Crippen molar-refractivity contribution in [2.45, 2.75) is 0 Å². The molecule has 1 aliphatic heterocycles. The van der Waals surface area contributed by atoms with Gasteiger partial charge in [-0.1, -0.05) is 12.1 Å². The van der Waals surface area contributed by atoms with Crippen LogP contribution in [0.3, 0.4) is 0 Å². The molecule has 5 heteroatoms. The molecule has 0 atom stereocenters. The normalized spacial score (nSPS) is 13.4. The molecule has 0 aliphatic carbocycles. The maximum atomic E-state index is 9.53. The minimum absolute atomic E-state index is 0.724. The Balaban J connectivity index is 2.10. The molecule has 16 heavy (non-hydrogen) atoms. The van der Waals surface area contributed by atoms with E-state index in [9.17, 15) is 5.02 Å². The highest BCUT2D eigenvalue weighted by molar-refractivity contribution is 6.62. The number of fused-ring (bicyclic) bond motifs is 1. The van der Waals surface area contributed by atoms with Gasteiger partial charge in [0.2, 0.25) is 0 Å². The third-order valence-electron chi connectivity index (χ3n) is 2.56. The molecule has 0 radical (unpaired) electrons. The average molecular weight is 213 g/mol. The zero-order valence-electron chi connectivity index (χ0n) is 8.33. The first kappa shape index (κ1) is 9.24. The van der Waals surface area contributed by atoms with Crippen LogP contribution in [0.2, 0.25) is 0 Å². The van der Waals surface area contributed by atoms with Crippen LogP contribution in [-0.2, 0) is 4.76 Å². The quantitative estimate of drug-likeness (QED) is 0.718. The van der Waals surface area contributed by atoms with Crippen LogP contribution < -0.4 is 5.46 Å². The molecule has 0 amide bonds. The molecule has 1 aromatic carbocycles. The summed E-state index contributed by atoms with van der Waals surface area (Å²) < 4.78 is 9.77. The fourth-order valence-corrected chi connectivity index (χ4v) is 1.72. The van der Waals surface area contributed by atoms with E-state index in [1.807, 2.05) is 24.3 Å². The number of hydrogen-bond donors (Lipinski definition) is 1. The summed E-state index contributed by atoms with van der Waals surface area (Å²) in [5, 5.41) is 13.2. The van der Waals surface area contributed by atoms with E-state index < -0.39 is 7.12 Å². The van der Waals surface area contributed by atoms with E-state index in [0.717, 1.165) is 22.2 Å². The summed E-state index contributed by atoms with van der Waals surface area (Å²) in [6.07, 6.45) is 4.89. The molecule has 3 rings (SSSR count). The number of oxime groups is 1. The van der Waals surface area contributed by atoms with Crippen molar-refractivity contribution < 1.29 is 14.2 Å². The van der Waals surface area contributed by atoms with Crippen molar-refractivity contribution >= 4 is 18.8 Å². The van der Waals surface area contributed by atoms with E-state index in [2.05, 4.69) is 5.16 Å². The van der Waals surface area contributed by atoms with E-state index in [1.165, 1.54) is 0 Å². The fourth-order valence-electron chi connectivity index (χ4n) is 1.72. The summed E-state index contributed by atoms with van der Waals surface area (Å²) in [7, 11) is -0.974. The van der Waals surface area contributed by atoms with Crippen molar-refractivity contribution in [3.05, 3.63) is 42.4 Å². The molecule has 0 spiro atoms. The van der Waals surface area contributed by atoms with Crippen LogP contribution in [0.4, 0.5) is 0 Å². The van der Waals surface area contributed by atoms with E-state index in [4.69, 9.17) is 9.17 Å². The second kappa shape index (κ2) is 3.54. The largest absolute Gasteiger partial charge is 0.583 e. The van der Waals surface area contributed by atoms with Gasteiger partial charge in [-0.2, -0.15) is 0 Å². The molecule has 0 saturated heterocycles. The minimum atomic E-state index is -0.974. The second-order valence-electron chi connectivity index (χ2n) is 3.55. The molecule has 78 valence electrons. The first-order valence-electron chi connectivity index (χ1n) is 4.88. The summed E-state index contributed by atoms with van der Waals surface area (Å²) >= 11 is 0. The Bertz CT molecular complexity index is 536. The van der Waals surface area contributed by atoms with Gasteiger partial charge in [0.15, 0.2) is 0 Å². The number of hydrogen-bond acceptors (Lipinski definition) is 4. The number of furan rings is 1.